The summed E-state index contributed by atoms with van der Waals surface area (Å²) in [7, 11) is 2.14. The predicted octanol–water partition coefficient (Wildman–Crippen LogP) is 2.25. The Balaban J connectivity index is 1.57. The molecule has 2 aliphatic heterocycles. The van der Waals surface area contributed by atoms with Gasteiger partial charge in [-0.05, 0) is 32.4 Å². The average Bonchev–Trinajstić information content (AvgIpc) is 3.19. The van der Waals surface area contributed by atoms with E-state index in [4.69, 9.17) is 9.26 Å². The van der Waals surface area contributed by atoms with E-state index in [1.165, 1.54) is 6.42 Å². The minimum atomic E-state index is -0.116. The first-order valence-electron chi connectivity index (χ1n) is 10.1. The van der Waals surface area contributed by atoms with E-state index >= 15 is 0 Å². The van der Waals surface area contributed by atoms with Crippen LogP contribution in [0.4, 0.5) is 5.82 Å². The van der Waals surface area contributed by atoms with E-state index in [-0.39, 0.29) is 5.91 Å². The van der Waals surface area contributed by atoms with Crippen LogP contribution in [-0.4, -0.2) is 68.9 Å². The molecular weight excluding hydrogens is 356 g/mol. The van der Waals surface area contributed by atoms with Crippen LogP contribution in [0.25, 0.3) is 11.3 Å². The molecule has 0 radical (unpaired) electrons. The van der Waals surface area contributed by atoms with Crippen LogP contribution < -0.4 is 10.2 Å². The van der Waals surface area contributed by atoms with Crippen LogP contribution in [0, 0.1) is 5.92 Å². The van der Waals surface area contributed by atoms with Gasteiger partial charge in [0.2, 0.25) is 0 Å². The normalized spacial score (nSPS) is 20.9. The monoisotopic (exact) mass is 384 g/mol. The highest BCUT2D eigenvalue weighted by Gasteiger charge is 2.29. The number of aromatic nitrogens is 1. The number of morpholine rings is 1. The fraction of sp³-hybridized carbons (Fsp3) is 0.524. The molecule has 1 aromatic carbocycles. The zero-order valence-corrected chi connectivity index (χ0v) is 16.4. The molecular formula is C21H28N4O3. The molecule has 0 saturated carbocycles. The maximum atomic E-state index is 13.2. The molecule has 2 aromatic rings. The summed E-state index contributed by atoms with van der Waals surface area (Å²) in [5, 5.41) is 7.41. The van der Waals surface area contributed by atoms with Gasteiger partial charge in [-0.1, -0.05) is 35.5 Å². The number of nitrogens with one attached hydrogen (secondary N) is 1. The number of amides is 1. The topological polar surface area (TPSA) is 70.8 Å². The van der Waals surface area contributed by atoms with Crippen LogP contribution in [0.1, 0.15) is 23.2 Å². The van der Waals surface area contributed by atoms with Gasteiger partial charge in [0.1, 0.15) is 5.56 Å². The quantitative estimate of drug-likeness (QED) is 0.853. The Labute approximate surface area is 165 Å². The summed E-state index contributed by atoms with van der Waals surface area (Å²) in [4.78, 5) is 17.6. The summed E-state index contributed by atoms with van der Waals surface area (Å²) < 4.78 is 11.1. The standard InChI is InChI=1S/C21H28N4O3/c1-24-9-5-6-16(15-24)14-22-21(26)18-19(17-7-3-2-4-8-17)28-23-20(18)25-10-12-27-13-11-25/h2-4,7-8,16H,5-6,9-15H2,1H3,(H,22,26). The first-order valence-corrected chi connectivity index (χ1v) is 10.1. The minimum Gasteiger partial charge on any atom is -0.378 e. The lowest BCUT2D eigenvalue weighted by Crippen LogP contribution is -2.40. The van der Waals surface area contributed by atoms with Gasteiger partial charge in [0, 0.05) is 31.7 Å². The van der Waals surface area contributed by atoms with Gasteiger partial charge in [0.05, 0.1) is 13.2 Å². The molecule has 0 spiro atoms. The molecule has 150 valence electrons. The smallest absolute Gasteiger partial charge is 0.259 e. The Bertz CT molecular complexity index is 786. The number of likely N-dealkylation sites (tertiary alicyclic amines) is 1. The lowest BCUT2D eigenvalue weighted by molar-refractivity contribution is 0.0936. The van der Waals surface area contributed by atoms with Crippen LogP contribution in [-0.2, 0) is 4.74 Å². The van der Waals surface area contributed by atoms with Crippen molar-refractivity contribution in [3.05, 3.63) is 35.9 Å². The van der Waals surface area contributed by atoms with Gasteiger partial charge < -0.3 is 24.4 Å². The molecule has 1 unspecified atom stereocenters. The zero-order chi connectivity index (χ0) is 19.3. The fourth-order valence-corrected chi connectivity index (χ4v) is 4.03. The maximum absolute atomic E-state index is 13.2. The van der Waals surface area contributed by atoms with Crippen molar-refractivity contribution in [3.63, 3.8) is 0 Å². The Morgan fingerprint density at radius 3 is 2.75 bits per heavy atom. The molecule has 2 aliphatic rings. The molecule has 2 saturated heterocycles. The van der Waals surface area contributed by atoms with Crippen LogP contribution in [0.5, 0.6) is 0 Å². The molecule has 28 heavy (non-hydrogen) atoms. The summed E-state index contributed by atoms with van der Waals surface area (Å²) >= 11 is 0. The van der Waals surface area contributed by atoms with Crippen molar-refractivity contribution in [3.8, 4) is 11.3 Å². The minimum absolute atomic E-state index is 0.116. The summed E-state index contributed by atoms with van der Waals surface area (Å²) in [6.45, 7) is 5.49. The molecule has 1 amide bonds. The number of benzene rings is 1. The van der Waals surface area contributed by atoms with Crippen molar-refractivity contribution < 1.29 is 14.1 Å². The maximum Gasteiger partial charge on any atom is 0.259 e. The fourth-order valence-electron chi connectivity index (χ4n) is 4.03. The van der Waals surface area contributed by atoms with Crippen LogP contribution in [0.3, 0.4) is 0 Å². The molecule has 0 aliphatic carbocycles. The second kappa shape index (κ2) is 8.75. The first kappa shape index (κ1) is 19.0. The van der Waals surface area contributed by atoms with E-state index in [0.717, 1.165) is 25.1 Å². The van der Waals surface area contributed by atoms with E-state index < -0.39 is 0 Å². The second-order valence-corrected chi connectivity index (χ2v) is 7.66. The molecule has 1 atom stereocenters. The molecule has 3 heterocycles. The lowest BCUT2D eigenvalue weighted by Gasteiger charge is -2.30. The molecule has 1 aromatic heterocycles. The molecule has 0 bridgehead atoms. The predicted molar refractivity (Wildman–Crippen MR) is 108 cm³/mol. The number of ether oxygens (including phenoxy) is 1. The number of rotatable bonds is 5. The highest BCUT2D eigenvalue weighted by atomic mass is 16.5. The average molecular weight is 384 g/mol. The molecule has 2 fully saturated rings. The van der Waals surface area contributed by atoms with Crippen molar-refractivity contribution in [2.45, 2.75) is 12.8 Å². The molecule has 1 N–H and O–H groups in total. The van der Waals surface area contributed by atoms with Gasteiger partial charge in [0.15, 0.2) is 11.6 Å². The van der Waals surface area contributed by atoms with Gasteiger partial charge >= 0.3 is 0 Å². The van der Waals surface area contributed by atoms with Crippen molar-refractivity contribution in [1.29, 1.82) is 0 Å². The van der Waals surface area contributed by atoms with Gasteiger partial charge in [-0.15, -0.1) is 0 Å². The Morgan fingerprint density at radius 1 is 1.21 bits per heavy atom. The number of hydrogen-bond donors (Lipinski definition) is 1. The van der Waals surface area contributed by atoms with Gasteiger partial charge in [-0.2, -0.15) is 0 Å². The number of piperidine rings is 1. The summed E-state index contributed by atoms with van der Waals surface area (Å²) in [5.74, 6) is 1.50. The number of carbonyl (C=O) groups excluding carboxylic acids is 1. The second-order valence-electron chi connectivity index (χ2n) is 7.66. The summed E-state index contributed by atoms with van der Waals surface area (Å²) in [6.07, 6.45) is 2.33. The molecule has 7 nitrogen and oxygen atoms in total. The third kappa shape index (κ3) is 4.20. The number of anilines is 1. The van der Waals surface area contributed by atoms with Gasteiger partial charge in [-0.3, -0.25) is 4.79 Å². The summed E-state index contributed by atoms with van der Waals surface area (Å²) in [6, 6.07) is 9.70. The highest BCUT2D eigenvalue weighted by molar-refractivity contribution is 6.04. The van der Waals surface area contributed by atoms with E-state index in [1.54, 1.807) is 0 Å². The Kier molecular flexibility index (Phi) is 5.92. The zero-order valence-electron chi connectivity index (χ0n) is 16.4. The van der Waals surface area contributed by atoms with E-state index in [2.05, 4.69) is 27.3 Å². The third-order valence-corrected chi connectivity index (χ3v) is 5.52. The molecule has 4 rings (SSSR count). The largest absolute Gasteiger partial charge is 0.378 e. The van der Waals surface area contributed by atoms with E-state index in [0.29, 0.717) is 55.9 Å². The van der Waals surface area contributed by atoms with E-state index in [1.807, 2.05) is 30.3 Å². The van der Waals surface area contributed by atoms with Crippen molar-refractivity contribution in [2.75, 3.05) is 57.9 Å². The van der Waals surface area contributed by atoms with Crippen molar-refractivity contribution in [1.82, 2.24) is 15.4 Å². The third-order valence-electron chi connectivity index (χ3n) is 5.52. The van der Waals surface area contributed by atoms with Crippen molar-refractivity contribution >= 4 is 11.7 Å². The number of nitrogens with zero attached hydrogens (tertiary/aromatic N) is 3. The highest BCUT2D eigenvalue weighted by Crippen LogP contribution is 2.31. The lowest BCUT2D eigenvalue weighted by atomic mass is 9.98. The Morgan fingerprint density at radius 2 is 2.00 bits per heavy atom. The van der Waals surface area contributed by atoms with Crippen molar-refractivity contribution in [2.24, 2.45) is 5.92 Å². The van der Waals surface area contributed by atoms with Crippen LogP contribution >= 0.6 is 0 Å². The van der Waals surface area contributed by atoms with Crippen LogP contribution in [0.2, 0.25) is 0 Å². The van der Waals surface area contributed by atoms with Crippen LogP contribution in [0.15, 0.2) is 34.9 Å². The molecule has 7 heteroatoms. The van der Waals surface area contributed by atoms with E-state index in [9.17, 15) is 4.79 Å². The first-order chi connectivity index (χ1) is 13.7. The SMILES string of the molecule is CN1CCCC(CNC(=O)c2c(N3CCOCC3)noc2-c2ccccc2)C1. The number of hydrogen-bond acceptors (Lipinski definition) is 6. The Hall–Kier alpha value is -2.38. The van der Waals surface area contributed by atoms with Gasteiger partial charge in [-0.25, -0.2) is 0 Å². The van der Waals surface area contributed by atoms with Gasteiger partial charge in [0.25, 0.3) is 5.91 Å². The summed E-state index contributed by atoms with van der Waals surface area (Å²) in [5.41, 5.74) is 1.38. The number of carbonyl (C=O) groups is 1.